The molecule has 2 aliphatic rings. The second-order valence-corrected chi connectivity index (χ2v) is 9.60. The maximum Gasteiger partial charge on any atom is 0.197 e. The third-order valence-electron chi connectivity index (χ3n) is 6.61. The summed E-state index contributed by atoms with van der Waals surface area (Å²) in [6.07, 6.45) is 6.85. The number of carbonyl (C=O) groups is 1. The van der Waals surface area contributed by atoms with Gasteiger partial charge in [0.2, 0.25) is 0 Å². The van der Waals surface area contributed by atoms with Gasteiger partial charge < -0.3 is 19.3 Å². The van der Waals surface area contributed by atoms with E-state index in [4.69, 9.17) is 31.1 Å². The van der Waals surface area contributed by atoms with Gasteiger partial charge in [0.25, 0.3) is 0 Å². The molecule has 0 atom stereocenters. The standard InChI is InChI=1S/C17H15FO2.C14H9ClN2O3/c18-16-14(7-8-15-17(16)20-10-9-19-15)13-6-2-4-11-3-1-5-12(11)13;15-12-2-11(7-18)14(3-13(12)19)20-8-10-1-9(4-16)5-17-6-10/h2,4,6-8H,1,3,5,9-10H2;1-3,5-7,19H,8H2. The average molecular weight is 559 g/mol. The smallest absolute Gasteiger partial charge is 0.197 e. The monoisotopic (exact) mass is 558 g/mol. The van der Waals surface area contributed by atoms with Crippen molar-refractivity contribution in [1.29, 1.82) is 5.26 Å². The van der Waals surface area contributed by atoms with Gasteiger partial charge in [-0.25, -0.2) is 4.39 Å². The summed E-state index contributed by atoms with van der Waals surface area (Å²) in [4.78, 5) is 14.8. The number of nitrogens with zero attached hydrogens (tertiary/aromatic N) is 2. The number of aldehydes is 1. The molecule has 0 saturated carbocycles. The van der Waals surface area contributed by atoms with Gasteiger partial charge in [-0.1, -0.05) is 29.8 Å². The molecule has 1 aromatic heterocycles. The Kier molecular flexibility index (Phi) is 8.13. The molecule has 0 spiro atoms. The van der Waals surface area contributed by atoms with Crippen molar-refractivity contribution in [3.05, 3.63) is 99.6 Å². The van der Waals surface area contributed by atoms with E-state index in [1.807, 2.05) is 18.2 Å². The number of hydrogen-bond acceptors (Lipinski definition) is 7. The first-order valence-corrected chi connectivity index (χ1v) is 13.0. The molecule has 4 aromatic rings. The van der Waals surface area contributed by atoms with Crippen molar-refractivity contribution in [1.82, 2.24) is 4.98 Å². The highest BCUT2D eigenvalue weighted by atomic mass is 35.5. The number of phenolic OH excluding ortho intramolecular Hbond substituents is 1. The van der Waals surface area contributed by atoms with Crippen molar-refractivity contribution >= 4 is 17.9 Å². The van der Waals surface area contributed by atoms with E-state index in [1.165, 1.54) is 29.5 Å². The predicted octanol–water partition coefficient (Wildman–Crippen LogP) is 6.46. The molecular weight excluding hydrogens is 535 g/mol. The van der Waals surface area contributed by atoms with Crippen LogP contribution in [0.15, 0.2) is 60.9 Å². The summed E-state index contributed by atoms with van der Waals surface area (Å²) >= 11 is 5.71. The van der Waals surface area contributed by atoms with Crippen LogP contribution in [0.5, 0.6) is 23.0 Å². The summed E-state index contributed by atoms with van der Waals surface area (Å²) < 4.78 is 31.0. The summed E-state index contributed by atoms with van der Waals surface area (Å²) in [7, 11) is 0. The molecule has 6 rings (SSSR count). The second-order valence-electron chi connectivity index (χ2n) is 9.19. The van der Waals surface area contributed by atoms with Gasteiger partial charge in [0, 0.05) is 29.6 Å². The number of benzene rings is 3. The van der Waals surface area contributed by atoms with Gasteiger partial charge in [-0.2, -0.15) is 5.26 Å². The largest absolute Gasteiger partial charge is 0.506 e. The Morgan fingerprint density at radius 2 is 1.95 bits per heavy atom. The van der Waals surface area contributed by atoms with Crippen LogP contribution < -0.4 is 14.2 Å². The van der Waals surface area contributed by atoms with E-state index in [-0.39, 0.29) is 40.3 Å². The number of ether oxygens (including phenoxy) is 3. The van der Waals surface area contributed by atoms with Crippen LogP contribution in [0.3, 0.4) is 0 Å². The maximum atomic E-state index is 14.7. The predicted molar refractivity (Wildman–Crippen MR) is 147 cm³/mol. The van der Waals surface area contributed by atoms with Crippen LogP contribution in [0.4, 0.5) is 4.39 Å². The number of pyridine rings is 1. The number of halogens is 2. The first-order chi connectivity index (χ1) is 19.5. The van der Waals surface area contributed by atoms with Crippen LogP contribution in [0.1, 0.15) is 39.0 Å². The van der Waals surface area contributed by atoms with Crippen molar-refractivity contribution in [3.8, 4) is 40.2 Å². The summed E-state index contributed by atoms with van der Waals surface area (Å²) in [6.45, 7) is 0.997. The first-order valence-electron chi connectivity index (χ1n) is 12.6. The van der Waals surface area contributed by atoms with Crippen LogP contribution >= 0.6 is 11.6 Å². The van der Waals surface area contributed by atoms with Gasteiger partial charge in [-0.05, 0) is 60.2 Å². The minimum absolute atomic E-state index is 0.0765. The third-order valence-corrected chi connectivity index (χ3v) is 6.91. The molecule has 1 aliphatic carbocycles. The molecule has 0 radical (unpaired) electrons. The van der Waals surface area contributed by atoms with Crippen molar-refractivity contribution in [2.75, 3.05) is 13.2 Å². The van der Waals surface area contributed by atoms with Gasteiger partial charge in [0.1, 0.15) is 37.4 Å². The molecule has 0 saturated heterocycles. The molecule has 0 amide bonds. The van der Waals surface area contributed by atoms with Gasteiger partial charge in [-0.3, -0.25) is 9.78 Å². The highest BCUT2D eigenvalue weighted by Crippen LogP contribution is 2.41. The fourth-order valence-electron chi connectivity index (χ4n) is 4.73. The number of phenols is 1. The Bertz CT molecular complexity index is 1620. The van der Waals surface area contributed by atoms with E-state index in [0.717, 1.165) is 24.8 Å². The third kappa shape index (κ3) is 5.70. The SMILES string of the molecule is Fc1c(-c2cccc3c2CCC3)ccc2c1OCCO2.N#Cc1cncc(COc2cc(O)c(Cl)cc2C=O)c1. The molecule has 0 fully saturated rings. The van der Waals surface area contributed by atoms with E-state index in [9.17, 15) is 14.3 Å². The van der Waals surface area contributed by atoms with Crippen LogP contribution in [0, 0.1) is 17.1 Å². The summed E-state index contributed by atoms with van der Waals surface area (Å²) in [5.41, 5.74) is 5.57. The number of rotatable bonds is 5. The number of aromatic nitrogens is 1. The van der Waals surface area contributed by atoms with Gasteiger partial charge in [0.05, 0.1) is 16.1 Å². The zero-order valence-corrected chi connectivity index (χ0v) is 22.1. The zero-order valence-electron chi connectivity index (χ0n) is 21.3. The van der Waals surface area contributed by atoms with Gasteiger partial charge in [-0.15, -0.1) is 0 Å². The Labute approximate surface area is 235 Å². The van der Waals surface area contributed by atoms with Crippen LogP contribution in [0.25, 0.3) is 11.1 Å². The van der Waals surface area contributed by atoms with Crippen molar-refractivity contribution in [2.45, 2.75) is 25.9 Å². The molecular formula is C31H24ClFN2O5. The Balaban J connectivity index is 0.000000161. The Morgan fingerprint density at radius 3 is 2.77 bits per heavy atom. The Hall–Kier alpha value is -4.61. The lowest BCUT2D eigenvalue weighted by Gasteiger charge is -2.20. The number of carbonyl (C=O) groups excluding carboxylic acids is 1. The van der Waals surface area contributed by atoms with Crippen LogP contribution in [-0.2, 0) is 19.4 Å². The fourth-order valence-corrected chi connectivity index (χ4v) is 4.90. The summed E-state index contributed by atoms with van der Waals surface area (Å²) in [6, 6.07) is 16.0. The normalized spacial score (nSPS) is 12.9. The van der Waals surface area contributed by atoms with Gasteiger partial charge in [0.15, 0.2) is 23.6 Å². The lowest BCUT2D eigenvalue weighted by Crippen LogP contribution is -2.16. The second kappa shape index (κ2) is 12.1. The van der Waals surface area contributed by atoms with Crippen LogP contribution in [-0.4, -0.2) is 29.6 Å². The molecule has 2 heterocycles. The number of aryl methyl sites for hydroxylation is 1. The molecule has 3 aromatic carbocycles. The number of fused-ring (bicyclic) bond motifs is 2. The first kappa shape index (κ1) is 27.0. The molecule has 1 N–H and O–H groups in total. The molecule has 7 nitrogen and oxygen atoms in total. The topological polar surface area (TPSA) is 102 Å². The molecule has 40 heavy (non-hydrogen) atoms. The minimum atomic E-state index is -0.303. The van der Waals surface area contributed by atoms with E-state index >= 15 is 0 Å². The minimum Gasteiger partial charge on any atom is -0.506 e. The Morgan fingerprint density at radius 1 is 1.10 bits per heavy atom. The number of hydrogen-bond donors (Lipinski definition) is 1. The van der Waals surface area contributed by atoms with E-state index in [1.54, 1.807) is 24.4 Å². The van der Waals surface area contributed by atoms with E-state index in [2.05, 4.69) is 11.1 Å². The lowest BCUT2D eigenvalue weighted by molar-refractivity contribution is 0.111. The molecule has 9 heteroatoms. The van der Waals surface area contributed by atoms with Crippen molar-refractivity contribution in [3.63, 3.8) is 0 Å². The fraction of sp³-hybridized carbons (Fsp3) is 0.194. The van der Waals surface area contributed by atoms with Crippen molar-refractivity contribution < 1.29 is 28.5 Å². The number of aromatic hydroxyl groups is 1. The molecule has 1 aliphatic heterocycles. The average Bonchev–Trinajstić information content (AvgIpc) is 3.48. The molecule has 0 unspecified atom stereocenters. The van der Waals surface area contributed by atoms with Gasteiger partial charge >= 0.3 is 0 Å². The molecule has 0 bridgehead atoms. The highest BCUT2D eigenvalue weighted by molar-refractivity contribution is 6.32. The van der Waals surface area contributed by atoms with E-state index in [0.29, 0.717) is 41.9 Å². The van der Waals surface area contributed by atoms with Crippen molar-refractivity contribution in [2.24, 2.45) is 0 Å². The summed E-state index contributed by atoms with van der Waals surface area (Å²) in [5.74, 6) is 0.498. The van der Waals surface area contributed by atoms with Crippen LogP contribution in [0.2, 0.25) is 5.02 Å². The maximum absolute atomic E-state index is 14.7. The number of nitriles is 1. The summed E-state index contributed by atoms with van der Waals surface area (Å²) in [5, 5.41) is 18.4. The zero-order chi connectivity index (χ0) is 28.1. The van der Waals surface area contributed by atoms with E-state index < -0.39 is 0 Å². The highest BCUT2D eigenvalue weighted by Gasteiger charge is 2.23. The quantitative estimate of drug-likeness (QED) is 0.281. The lowest BCUT2D eigenvalue weighted by atomic mass is 9.96. The molecule has 202 valence electrons.